The smallest absolute Gasteiger partial charge is 0.394 e. The first-order chi connectivity index (χ1) is 10.9. The lowest BCUT2D eigenvalue weighted by atomic mass is 10.0. The number of carbonyl (C=O) groups is 1. The maximum Gasteiger partial charge on any atom is 0.437 e. The van der Waals surface area contributed by atoms with Crippen molar-refractivity contribution in [2.75, 3.05) is 6.61 Å². The number of H-pyrrole nitrogens is 1. The molecule has 1 aromatic rings. The molecule has 4 atom stereocenters. The summed E-state index contributed by atoms with van der Waals surface area (Å²) in [6.07, 6.45) is -6.10. The largest absolute Gasteiger partial charge is 0.437 e. The van der Waals surface area contributed by atoms with Gasteiger partial charge in [-0.15, -0.1) is 0 Å². The summed E-state index contributed by atoms with van der Waals surface area (Å²) in [6, 6.07) is 0.848. The summed E-state index contributed by atoms with van der Waals surface area (Å²) in [6.45, 7) is -0.760. The topological polar surface area (TPSA) is 231 Å². The number of aromatic nitrogens is 2. The first-order valence-corrected chi connectivity index (χ1v) is 7.69. The summed E-state index contributed by atoms with van der Waals surface area (Å²) >= 11 is 0. The molecule has 24 heavy (non-hydrogen) atoms. The van der Waals surface area contributed by atoms with E-state index in [1.54, 1.807) is 4.98 Å². The number of aliphatic hydroxyl groups excluding tert-OH is 5. The number of rotatable bonds is 6. The fraction of sp³-hybridized carbons (Fsp3) is 0.500. The van der Waals surface area contributed by atoms with Gasteiger partial charge in [-0.05, 0) is 0 Å². The number of aromatic amines is 1. The Morgan fingerprint density at radius 2 is 1.71 bits per heavy atom. The summed E-state index contributed by atoms with van der Waals surface area (Å²) in [7, 11) is -4.64. The molecule has 0 aliphatic carbocycles. The third kappa shape index (κ3) is 6.82. The Morgan fingerprint density at radius 1 is 1.17 bits per heavy atom. The van der Waals surface area contributed by atoms with Crippen LogP contribution in [0.4, 0.5) is 0 Å². The van der Waals surface area contributed by atoms with Gasteiger partial charge in [-0.25, -0.2) is 13.7 Å². The van der Waals surface area contributed by atoms with Gasteiger partial charge in [0.2, 0.25) is 0 Å². The third-order valence-corrected chi connectivity index (χ3v) is 3.38. The van der Waals surface area contributed by atoms with Gasteiger partial charge in [0.05, 0.1) is 6.61 Å². The van der Waals surface area contributed by atoms with Crippen LogP contribution >= 0.6 is 7.75 Å². The Kier molecular flexibility index (Phi) is 8.88. The lowest BCUT2D eigenvalue weighted by Crippen LogP contribution is -2.46. The van der Waals surface area contributed by atoms with Gasteiger partial charge in [0.15, 0.2) is 6.29 Å². The van der Waals surface area contributed by atoms with Crippen molar-refractivity contribution < 1.29 is 44.7 Å². The van der Waals surface area contributed by atoms with Gasteiger partial charge < -0.3 is 40.1 Å². The Labute approximate surface area is 133 Å². The van der Waals surface area contributed by atoms with Gasteiger partial charge in [0.25, 0.3) is 5.56 Å². The maximum absolute atomic E-state index is 10.7. The van der Waals surface area contributed by atoms with Gasteiger partial charge in [-0.3, -0.25) is 9.78 Å². The second kappa shape index (κ2) is 9.56. The number of nitrogens with one attached hydrogen (secondary N) is 1. The Bertz CT molecular complexity index is 680. The molecule has 0 aromatic carbocycles. The highest BCUT2D eigenvalue weighted by atomic mass is 31.2. The molecule has 0 fully saturated rings. The highest BCUT2D eigenvalue weighted by Crippen LogP contribution is 2.33. The van der Waals surface area contributed by atoms with E-state index in [0.717, 1.165) is 12.3 Å². The van der Waals surface area contributed by atoms with E-state index in [4.69, 9.17) is 35.3 Å². The first kappa shape index (κ1) is 22.3. The minimum absolute atomic E-state index is 0.0258. The van der Waals surface area contributed by atoms with Crippen LogP contribution in [0.5, 0.6) is 0 Å². The molecule has 8 N–H and O–H groups in total. The molecule has 4 unspecified atom stereocenters. The molecule has 0 spiro atoms. The average molecular weight is 372 g/mol. The van der Waals surface area contributed by atoms with E-state index in [-0.39, 0.29) is 10.6 Å². The van der Waals surface area contributed by atoms with Gasteiger partial charge in [-0.1, -0.05) is 0 Å². The fourth-order valence-electron chi connectivity index (χ4n) is 1.23. The van der Waals surface area contributed by atoms with Crippen LogP contribution in [0.3, 0.4) is 0 Å². The lowest BCUT2D eigenvalue weighted by Gasteiger charge is -2.22. The number of hydrogen-bond donors (Lipinski definition) is 8. The standard InChI is InChI=1S/C6H12O6.C4H5N2O5P/c7-1-3(9)5(11)6(12)4(10)2-8;7-3-1-2-6(4(8)5-3)12(9,10)11/h1,3-6,8-12H,2H2;1-2H,(H,5,7,8)(H2,9,10,11). The maximum atomic E-state index is 10.7. The van der Waals surface area contributed by atoms with E-state index < -0.39 is 50.0 Å². The van der Waals surface area contributed by atoms with Crippen LogP contribution in [0, 0.1) is 0 Å². The number of aldehydes is 1. The normalized spacial score (nSPS) is 16.3. The molecular formula is C10H17N2O11P. The number of hydrogen-bond acceptors (Lipinski definition) is 9. The van der Waals surface area contributed by atoms with E-state index in [1.165, 1.54) is 0 Å². The van der Waals surface area contributed by atoms with Crippen molar-refractivity contribution in [3.8, 4) is 0 Å². The van der Waals surface area contributed by atoms with E-state index in [0.29, 0.717) is 0 Å². The molecule has 138 valence electrons. The molecule has 14 heteroatoms. The van der Waals surface area contributed by atoms with Crippen LogP contribution in [0.1, 0.15) is 0 Å². The van der Waals surface area contributed by atoms with E-state index in [2.05, 4.69) is 0 Å². The van der Waals surface area contributed by atoms with Crippen LogP contribution in [0.2, 0.25) is 0 Å². The SMILES string of the molecule is O=CC(O)C(O)C(O)C(O)CO.O=c1ccn(P(=O)(O)O)c(=O)[nH]1. The summed E-state index contributed by atoms with van der Waals surface area (Å²) in [4.78, 5) is 49.8. The summed E-state index contributed by atoms with van der Waals surface area (Å²) in [5.74, 6) is 0. The predicted molar refractivity (Wildman–Crippen MR) is 75.9 cm³/mol. The van der Waals surface area contributed by atoms with Gasteiger partial charge in [0, 0.05) is 12.3 Å². The van der Waals surface area contributed by atoms with Crippen LogP contribution in [0.25, 0.3) is 0 Å². The number of nitrogens with zero attached hydrogens (tertiary/aromatic N) is 1. The Balaban J connectivity index is 0.000000441. The third-order valence-electron chi connectivity index (χ3n) is 2.51. The first-order valence-electron chi connectivity index (χ1n) is 6.12. The molecule has 0 saturated carbocycles. The van der Waals surface area contributed by atoms with Crippen molar-refractivity contribution in [2.45, 2.75) is 24.4 Å². The van der Waals surface area contributed by atoms with Gasteiger partial charge in [0.1, 0.15) is 24.4 Å². The second-order valence-corrected chi connectivity index (χ2v) is 5.78. The van der Waals surface area contributed by atoms with E-state index in [9.17, 15) is 18.9 Å². The van der Waals surface area contributed by atoms with Crippen molar-refractivity contribution in [1.29, 1.82) is 0 Å². The Morgan fingerprint density at radius 3 is 2.08 bits per heavy atom. The molecule has 0 amide bonds. The number of carbonyl (C=O) groups excluding carboxylic acids is 1. The van der Waals surface area contributed by atoms with Gasteiger partial charge in [-0.2, -0.15) is 0 Å². The van der Waals surface area contributed by atoms with E-state index in [1.807, 2.05) is 0 Å². The minimum Gasteiger partial charge on any atom is -0.394 e. The summed E-state index contributed by atoms with van der Waals surface area (Å²) in [5.41, 5.74) is -1.83. The monoisotopic (exact) mass is 372 g/mol. The Hall–Kier alpha value is -1.70. The highest BCUT2D eigenvalue weighted by Gasteiger charge is 2.29. The fourth-order valence-corrected chi connectivity index (χ4v) is 1.76. The highest BCUT2D eigenvalue weighted by molar-refractivity contribution is 7.50. The summed E-state index contributed by atoms with van der Waals surface area (Å²) in [5, 5.41) is 43.5. The molecule has 1 aromatic heterocycles. The summed E-state index contributed by atoms with van der Waals surface area (Å²) < 4.78 is 10.6. The van der Waals surface area contributed by atoms with Crippen molar-refractivity contribution in [2.24, 2.45) is 0 Å². The van der Waals surface area contributed by atoms with Crippen molar-refractivity contribution >= 4 is 14.0 Å². The van der Waals surface area contributed by atoms with Crippen LogP contribution < -0.4 is 11.2 Å². The molecule has 0 aliphatic heterocycles. The molecule has 0 aliphatic rings. The lowest BCUT2D eigenvalue weighted by molar-refractivity contribution is -0.136. The molecule has 1 heterocycles. The van der Waals surface area contributed by atoms with Crippen LogP contribution in [-0.4, -0.2) is 81.9 Å². The molecule has 0 radical (unpaired) electrons. The van der Waals surface area contributed by atoms with Crippen molar-refractivity contribution in [3.05, 3.63) is 33.1 Å². The molecule has 0 saturated heterocycles. The quantitative estimate of drug-likeness (QED) is 0.174. The van der Waals surface area contributed by atoms with Crippen molar-refractivity contribution in [3.63, 3.8) is 0 Å². The zero-order valence-electron chi connectivity index (χ0n) is 11.9. The minimum atomic E-state index is -4.64. The van der Waals surface area contributed by atoms with Crippen molar-refractivity contribution in [1.82, 2.24) is 9.32 Å². The predicted octanol–water partition coefficient (Wildman–Crippen LogP) is -4.90. The molecule has 0 bridgehead atoms. The zero-order valence-corrected chi connectivity index (χ0v) is 12.8. The van der Waals surface area contributed by atoms with Gasteiger partial charge >= 0.3 is 13.4 Å². The van der Waals surface area contributed by atoms with E-state index >= 15 is 0 Å². The second-order valence-electron chi connectivity index (χ2n) is 4.33. The molecular weight excluding hydrogens is 355 g/mol. The van der Waals surface area contributed by atoms with Crippen LogP contribution in [-0.2, 0) is 9.36 Å². The zero-order chi connectivity index (χ0) is 19.1. The molecule has 13 nitrogen and oxygen atoms in total. The number of aliphatic hydroxyl groups is 5. The van der Waals surface area contributed by atoms with Crippen LogP contribution in [0.15, 0.2) is 21.9 Å². The average Bonchev–Trinajstić information content (AvgIpc) is 2.51. The molecule has 1 rings (SSSR count).